The molecule has 24 heavy (non-hydrogen) atoms. The molecule has 0 amide bonds. The fraction of sp³-hybridized carbons (Fsp3) is 1.00. The van der Waals surface area contributed by atoms with E-state index in [0.717, 1.165) is 23.9 Å². The summed E-state index contributed by atoms with van der Waals surface area (Å²) in [5.41, 5.74) is 0.619. The number of nitrogens with zero attached hydrogens (tertiary/aromatic N) is 2. The highest BCUT2D eigenvalue weighted by atomic mass is 15.2. The first kappa shape index (κ1) is 20.2. The predicted molar refractivity (Wildman–Crippen MR) is 106 cm³/mol. The first-order valence-corrected chi connectivity index (χ1v) is 10.8. The lowest BCUT2D eigenvalue weighted by molar-refractivity contribution is 0.0763. The Labute approximate surface area is 152 Å². The van der Waals surface area contributed by atoms with E-state index in [-0.39, 0.29) is 0 Å². The summed E-state index contributed by atoms with van der Waals surface area (Å²) in [6.07, 6.45) is 9.82. The molecule has 0 radical (unpaired) electrons. The van der Waals surface area contributed by atoms with Crippen LogP contribution in [0.5, 0.6) is 0 Å². The van der Waals surface area contributed by atoms with E-state index in [1.807, 2.05) is 0 Å². The van der Waals surface area contributed by atoms with Crippen molar-refractivity contribution in [3.05, 3.63) is 0 Å². The van der Waals surface area contributed by atoms with E-state index in [1.54, 1.807) is 0 Å². The number of hydrogen-bond donors (Lipinski definition) is 0. The van der Waals surface area contributed by atoms with E-state index in [2.05, 4.69) is 51.3 Å². The zero-order valence-corrected chi connectivity index (χ0v) is 17.5. The second kappa shape index (κ2) is 9.03. The third-order valence-corrected chi connectivity index (χ3v) is 7.63. The van der Waals surface area contributed by atoms with E-state index < -0.39 is 0 Å². The second-order valence-electron chi connectivity index (χ2n) is 9.57. The molecule has 0 aromatic carbocycles. The van der Waals surface area contributed by atoms with Gasteiger partial charge in [-0.25, -0.2) is 0 Å². The maximum atomic E-state index is 2.77. The molecule has 2 unspecified atom stereocenters. The summed E-state index contributed by atoms with van der Waals surface area (Å²) in [4.78, 5) is 5.43. The normalized spacial score (nSPS) is 26.6. The Bertz CT molecular complexity index is 349. The van der Waals surface area contributed by atoms with Crippen molar-refractivity contribution in [3.63, 3.8) is 0 Å². The quantitative estimate of drug-likeness (QED) is 0.612. The molecule has 2 atom stereocenters. The average Bonchev–Trinajstić information content (AvgIpc) is 2.60. The maximum absolute atomic E-state index is 2.77. The van der Waals surface area contributed by atoms with Gasteiger partial charge in [0, 0.05) is 12.1 Å². The third-order valence-electron chi connectivity index (χ3n) is 7.63. The van der Waals surface area contributed by atoms with Crippen LogP contribution in [0.15, 0.2) is 0 Å². The van der Waals surface area contributed by atoms with Gasteiger partial charge in [-0.2, -0.15) is 0 Å². The van der Waals surface area contributed by atoms with Crippen LogP contribution in [0.4, 0.5) is 0 Å². The lowest BCUT2D eigenvalue weighted by Crippen LogP contribution is -2.43. The van der Waals surface area contributed by atoms with Crippen molar-refractivity contribution in [3.8, 4) is 0 Å². The van der Waals surface area contributed by atoms with Crippen LogP contribution in [0.1, 0.15) is 86.5 Å². The molecular weight excluding hydrogens is 292 g/mol. The molecule has 2 fully saturated rings. The second-order valence-corrected chi connectivity index (χ2v) is 9.57. The summed E-state index contributed by atoms with van der Waals surface area (Å²) in [5, 5.41) is 0. The van der Waals surface area contributed by atoms with Gasteiger partial charge < -0.3 is 9.80 Å². The fourth-order valence-electron chi connectivity index (χ4n) is 4.79. The van der Waals surface area contributed by atoms with Crippen molar-refractivity contribution in [1.29, 1.82) is 0 Å². The molecule has 2 nitrogen and oxygen atoms in total. The Kier molecular flexibility index (Phi) is 7.61. The van der Waals surface area contributed by atoms with Gasteiger partial charge in [0.05, 0.1) is 0 Å². The van der Waals surface area contributed by atoms with Crippen LogP contribution < -0.4 is 0 Å². The summed E-state index contributed by atoms with van der Waals surface area (Å²) in [6, 6.07) is 1.51. The monoisotopic (exact) mass is 336 g/mol. The Morgan fingerprint density at radius 3 is 1.96 bits per heavy atom. The fourth-order valence-corrected chi connectivity index (χ4v) is 4.79. The van der Waals surface area contributed by atoms with Gasteiger partial charge in [0.25, 0.3) is 0 Å². The van der Waals surface area contributed by atoms with Gasteiger partial charge in [-0.1, -0.05) is 27.2 Å². The number of hydrogen-bond acceptors (Lipinski definition) is 2. The van der Waals surface area contributed by atoms with Gasteiger partial charge in [-0.05, 0) is 103 Å². The molecule has 2 saturated heterocycles. The lowest BCUT2D eigenvalue weighted by atomic mass is 9.77. The standard InChI is InChI=1S/C22H44N2/c1-7-22(6)12-16-24(17-13-22)20(5)9-8-19(4)21-10-14-23(15-11-21)18(2)3/h18-21H,7-17H2,1-6H3. The van der Waals surface area contributed by atoms with Crippen molar-refractivity contribution in [1.82, 2.24) is 9.80 Å². The van der Waals surface area contributed by atoms with Gasteiger partial charge >= 0.3 is 0 Å². The molecule has 0 N–H and O–H groups in total. The first-order chi connectivity index (χ1) is 11.3. The maximum Gasteiger partial charge on any atom is 0.00670 e. The number of likely N-dealkylation sites (tertiary alicyclic amines) is 2. The molecule has 2 aliphatic heterocycles. The Balaban J connectivity index is 1.68. The summed E-state index contributed by atoms with van der Waals surface area (Å²) >= 11 is 0. The molecule has 0 aliphatic carbocycles. The Morgan fingerprint density at radius 2 is 1.46 bits per heavy atom. The molecule has 2 aliphatic rings. The van der Waals surface area contributed by atoms with E-state index in [1.165, 1.54) is 71.1 Å². The molecule has 2 heterocycles. The van der Waals surface area contributed by atoms with Crippen molar-refractivity contribution in [2.75, 3.05) is 26.2 Å². The van der Waals surface area contributed by atoms with E-state index in [4.69, 9.17) is 0 Å². The summed E-state index contributed by atoms with van der Waals surface area (Å²) in [6.45, 7) is 19.8. The molecule has 142 valence electrons. The van der Waals surface area contributed by atoms with E-state index in [0.29, 0.717) is 5.41 Å². The molecule has 2 heteroatoms. The minimum Gasteiger partial charge on any atom is -0.301 e. The highest BCUT2D eigenvalue weighted by molar-refractivity contribution is 4.84. The summed E-state index contributed by atoms with van der Waals surface area (Å²) in [7, 11) is 0. The van der Waals surface area contributed by atoms with Crippen LogP contribution in [0.3, 0.4) is 0 Å². The third kappa shape index (κ3) is 5.46. The van der Waals surface area contributed by atoms with Crippen LogP contribution in [0.2, 0.25) is 0 Å². The Morgan fingerprint density at radius 1 is 0.875 bits per heavy atom. The zero-order valence-electron chi connectivity index (χ0n) is 17.5. The molecular formula is C22H44N2. The van der Waals surface area contributed by atoms with Gasteiger partial charge in [0.1, 0.15) is 0 Å². The molecule has 0 aromatic rings. The summed E-state index contributed by atoms with van der Waals surface area (Å²) in [5.74, 6) is 1.88. The molecule has 0 aromatic heterocycles. The highest BCUT2D eigenvalue weighted by Gasteiger charge is 2.30. The minimum absolute atomic E-state index is 0.619. The SMILES string of the molecule is CCC1(C)CCN(C(C)CCC(C)C2CCN(C(C)C)CC2)CC1. The molecule has 0 saturated carbocycles. The van der Waals surface area contributed by atoms with Crippen molar-refractivity contribution >= 4 is 0 Å². The van der Waals surface area contributed by atoms with E-state index in [9.17, 15) is 0 Å². The van der Waals surface area contributed by atoms with Gasteiger partial charge in [0.2, 0.25) is 0 Å². The highest BCUT2D eigenvalue weighted by Crippen LogP contribution is 2.35. The lowest BCUT2D eigenvalue weighted by Gasteiger charge is -2.42. The van der Waals surface area contributed by atoms with Crippen molar-refractivity contribution in [2.24, 2.45) is 17.3 Å². The van der Waals surface area contributed by atoms with Crippen LogP contribution >= 0.6 is 0 Å². The van der Waals surface area contributed by atoms with Crippen molar-refractivity contribution in [2.45, 2.75) is 98.6 Å². The van der Waals surface area contributed by atoms with Crippen LogP contribution in [-0.4, -0.2) is 48.1 Å². The van der Waals surface area contributed by atoms with Gasteiger partial charge in [-0.3, -0.25) is 0 Å². The minimum atomic E-state index is 0.619. The Hall–Kier alpha value is -0.0800. The van der Waals surface area contributed by atoms with E-state index >= 15 is 0 Å². The van der Waals surface area contributed by atoms with Crippen LogP contribution in [-0.2, 0) is 0 Å². The van der Waals surface area contributed by atoms with Crippen molar-refractivity contribution < 1.29 is 0 Å². The molecule has 0 spiro atoms. The molecule has 2 rings (SSSR count). The van der Waals surface area contributed by atoms with Gasteiger partial charge in [-0.15, -0.1) is 0 Å². The smallest absolute Gasteiger partial charge is 0.00670 e. The predicted octanol–water partition coefficient (Wildman–Crippen LogP) is 5.42. The first-order valence-electron chi connectivity index (χ1n) is 10.8. The zero-order chi connectivity index (χ0) is 17.7. The topological polar surface area (TPSA) is 6.48 Å². The van der Waals surface area contributed by atoms with Gasteiger partial charge in [0.15, 0.2) is 0 Å². The van der Waals surface area contributed by atoms with Crippen LogP contribution in [0, 0.1) is 17.3 Å². The molecule has 0 bridgehead atoms. The summed E-state index contributed by atoms with van der Waals surface area (Å²) < 4.78 is 0. The average molecular weight is 337 g/mol. The largest absolute Gasteiger partial charge is 0.301 e. The number of piperidine rings is 2. The van der Waals surface area contributed by atoms with Crippen LogP contribution in [0.25, 0.3) is 0 Å². The number of rotatable bonds is 7.